The molecule has 4 rings (SSSR count). The van der Waals surface area contributed by atoms with Crippen molar-refractivity contribution in [1.82, 2.24) is 15.1 Å². The van der Waals surface area contributed by atoms with Crippen LogP contribution in [0, 0.1) is 5.41 Å². The van der Waals surface area contributed by atoms with Gasteiger partial charge in [-0.3, -0.25) is 4.79 Å². The second-order valence-corrected chi connectivity index (χ2v) is 6.55. The van der Waals surface area contributed by atoms with Gasteiger partial charge in [-0.2, -0.15) is 0 Å². The Morgan fingerprint density at radius 1 is 1.29 bits per heavy atom. The van der Waals surface area contributed by atoms with Gasteiger partial charge in [-0.25, -0.2) is 4.39 Å². The van der Waals surface area contributed by atoms with Crippen LogP contribution in [0.15, 0.2) is 34.7 Å². The zero-order chi connectivity index (χ0) is 16.6. The number of piperidine rings is 1. The quantitative estimate of drug-likeness (QED) is 0.932. The molecule has 126 valence electrons. The number of likely N-dealkylation sites (tertiary alicyclic amines) is 1. The molecule has 1 saturated carbocycles. The summed E-state index contributed by atoms with van der Waals surface area (Å²) in [6.45, 7) is 1.35. The molecule has 1 aromatic heterocycles. The maximum atomic E-state index is 13.3. The monoisotopic (exact) mass is 330 g/mol. The summed E-state index contributed by atoms with van der Waals surface area (Å²) in [6.07, 6.45) is 1.53. The van der Waals surface area contributed by atoms with E-state index in [2.05, 4.69) is 15.5 Å². The van der Waals surface area contributed by atoms with Gasteiger partial charge in [0, 0.05) is 24.1 Å². The van der Waals surface area contributed by atoms with Crippen LogP contribution in [0.1, 0.15) is 19.3 Å². The summed E-state index contributed by atoms with van der Waals surface area (Å²) >= 11 is 0. The maximum absolute atomic E-state index is 13.3. The third-order valence-corrected chi connectivity index (χ3v) is 5.04. The number of carbonyl (C=O) groups is 1. The molecule has 2 heterocycles. The molecule has 1 amide bonds. The number of nitrogens with one attached hydrogen (secondary N) is 1. The highest BCUT2D eigenvalue weighted by molar-refractivity contribution is 5.80. The van der Waals surface area contributed by atoms with E-state index in [1.54, 1.807) is 4.90 Å². The third-order valence-electron chi connectivity index (χ3n) is 5.04. The average molecular weight is 330 g/mol. The SMILES string of the molecule is O=C(CNc1nnc(-c2ccccc2)o1)N1CCC2(CC1)CC2F. The lowest BCUT2D eigenvalue weighted by Gasteiger charge is -2.32. The molecule has 7 heteroatoms. The number of aromatic nitrogens is 2. The standard InChI is InChI=1S/C17H19FN4O2/c18-13-10-17(13)6-8-22(9-7-17)14(23)11-19-16-21-20-15(24-16)12-4-2-1-3-5-12/h1-5,13H,6-11H2,(H,19,21). The number of hydrogen-bond donors (Lipinski definition) is 1. The van der Waals surface area contributed by atoms with E-state index in [9.17, 15) is 9.18 Å². The number of nitrogens with zero attached hydrogens (tertiary/aromatic N) is 3. The predicted octanol–water partition coefficient (Wildman–Crippen LogP) is 2.50. The van der Waals surface area contributed by atoms with Crippen molar-refractivity contribution in [3.05, 3.63) is 30.3 Å². The first-order valence-corrected chi connectivity index (χ1v) is 8.21. The summed E-state index contributed by atoms with van der Waals surface area (Å²) in [5.41, 5.74) is 0.706. The topological polar surface area (TPSA) is 71.3 Å². The van der Waals surface area contributed by atoms with Crippen LogP contribution in [0.2, 0.25) is 0 Å². The Bertz CT molecular complexity index is 725. The Balaban J connectivity index is 1.29. The molecule has 0 bridgehead atoms. The van der Waals surface area contributed by atoms with Gasteiger partial charge in [0.15, 0.2) is 0 Å². The van der Waals surface area contributed by atoms with Gasteiger partial charge in [-0.05, 0) is 31.4 Å². The number of hydrogen-bond acceptors (Lipinski definition) is 5. The predicted molar refractivity (Wildman–Crippen MR) is 86.0 cm³/mol. The molecule has 1 aromatic carbocycles. The van der Waals surface area contributed by atoms with E-state index in [1.165, 1.54) is 0 Å². The highest BCUT2D eigenvalue weighted by Crippen LogP contribution is 2.55. The normalized spacial score (nSPS) is 21.7. The van der Waals surface area contributed by atoms with Crippen LogP contribution in [0.25, 0.3) is 11.5 Å². The van der Waals surface area contributed by atoms with E-state index in [-0.39, 0.29) is 23.9 Å². The Hall–Kier alpha value is -2.44. The fourth-order valence-electron chi connectivity index (χ4n) is 3.27. The fraction of sp³-hybridized carbons (Fsp3) is 0.471. The van der Waals surface area contributed by atoms with Crippen LogP contribution in [0.5, 0.6) is 0 Å². The van der Waals surface area contributed by atoms with Gasteiger partial charge in [-0.15, -0.1) is 5.10 Å². The molecule has 1 unspecified atom stereocenters. The van der Waals surface area contributed by atoms with Crippen molar-refractivity contribution >= 4 is 11.9 Å². The van der Waals surface area contributed by atoms with E-state index in [0.29, 0.717) is 25.4 Å². The van der Waals surface area contributed by atoms with Gasteiger partial charge >= 0.3 is 6.01 Å². The van der Waals surface area contributed by atoms with E-state index in [1.807, 2.05) is 30.3 Å². The number of rotatable bonds is 4. The highest BCUT2D eigenvalue weighted by Gasteiger charge is 2.56. The largest absolute Gasteiger partial charge is 0.403 e. The first kappa shape index (κ1) is 15.1. The maximum Gasteiger partial charge on any atom is 0.316 e. The molecular weight excluding hydrogens is 311 g/mol. The molecule has 1 saturated heterocycles. The lowest BCUT2D eigenvalue weighted by atomic mass is 9.93. The molecule has 1 aliphatic carbocycles. The molecule has 1 aliphatic heterocycles. The summed E-state index contributed by atoms with van der Waals surface area (Å²) < 4.78 is 18.9. The fourth-order valence-corrected chi connectivity index (χ4v) is 3.27. The van der Waals surface area contributed by atoms with E-state index < -0.39 is 6.17 Å². The van der Waals surface area contributed by atoms with E-state index in [4.69, 9.17) is 4.42 Å². The molecule has 2 aliphatic rings. The van der Waals surface area contributed by atoms with Gasteiger partial charge in [-0.1, -0.05) is 23.3 Å². The minimum Gasteiger partial charge on any atom is -0.403 e. The van der Waals surface area contributed by atoms with Crippen LogP contribution in [0.4, 0.5) is 10.4 Å². The van der Waals surface area contributed by atoms with Gasteiger partial charge in [0.05, 0.1) is 6.54 Å². The smallest absolute Gasteiger partial charge is 0.316 e. The average Bonchev–Trinajstić information content (AvgIpc) is 3.03. The number of amides is 1. The third kappa shape index (κ3) is 2.86. The van der Waals surface area contributed by atoms with Crippen LogP contribution in [-0.4, -0.2) is 46.8 Å². The van der Waals surface area contributed by atoms with Gasteiger partial charge < -0.3 is 14.6 Å². The summed E-state index contributed by atoms with van der Waals surface area (Å²) in [5, 5.41) is 10.7. The van der Waals surface area contributed by atoms with E-state index in [0.717, 1.165) is 18.4 Å². The van der Waals surface area contributed by atoms with Crippen molar-refractivity contribution in [1.29, 1.82) is 0 Å². The second-order valence-electron chi connectivity index (χ2n) is 6.55. The minimum atomic E-state index is -0.664. The molecule has 2 fully saturated rings. The Morgan fingerprint density at radius 2 is 2.00 bits per heavy atom. The number of alkyl halides is 1. The first-order valence-electron chi connectivity index (χ1n) is 8.21. The van der Waals surface area contributed by atoms with Crippen LogP contribution >= 0.6 is 0 Å². The zero-order valence-corrected chi connectivity index (χ0v) is 13.2. The lowest BCUT2D eigenvalue weighted by Crippen LogP contribution is -2.42. The summed E-state index contributed by atoms with van der Waals surface area (Å²) in [4.78, 5) is 14.0. The van der Waals surface area contributed by atoms with Gasteiger partial charge in [0.25, 0.3) is 0 Å². The Kier molecular flexibility index (Phi) is 3.70. The molecule has 6 nitrogen and oxygen atoms in total. The van der Waals surface area contributed by atoms with Crippen molar-refractivity contribution in [3.63, 3.8) is 0 Å². The van der Waals surface area contributed by atoms with E-state index >= 15 is 0 Å². The molecule has 2 aromatic rings. The molecule has 1 N–H and O–H groups in total. The summed E-state index contributed by atoms with van der Waals surface area (Å²) in [5.74, 6) is 0.383. The number of anilines is 1. The summed E-state index contributed by atoms with van der Waals surface area (Å²) in [6, 6.07) is 9.67. The number of halogens is 1. The van der Waals surface area contributed by atoms with Crippen LogP contribution in [0.3, 0.4) is 0 Å². The van der Waals surface area contributed by atoms with Crippen molar-refractivity contribution in [2.45, 2.75) is 25.4 Å². The molecule has 0 radical (unpaired) electrons. The second kappa shape index (κ2) is 5.89. The zero-order valence-electron chi connectivity index (χ0n) is 13.2. The minimum absolute atomic E-state index is 0.0274. The van der Waals surface area contributed by atoms with Gasteiger partial charge in [0.2, 0.25) is 11.8 Å². The van der Waals surface area contributed by atoms with Crippen molar-refractivity contribution in [2.24, 2.45) is 5.41 Å². The number of benzene rings is 1. The Morgan fingerprint density at radius 3 is 2.67 bits per heavy atom. The molecule has 24 heavy (non-hydrogen) atoms. The van der Waals surface area contributed by atoms with Gasteiger partial charge in [0.1, 0.15) is 6.17 Å². The van der Waals surface area contributed by atoms with Crippen LogP contribution < -0.4 is 5.32 Å². The van der Waals surface area contributed by atoms with Crippen LogP contribution in [-0.2, 0) is 4.79 Å². The first-order chi connectivity index (χ1) is 11.7. The highest BCUT2D eigenvalue weighted by atomic mass is 19.1. The number of carbonyl (C=O) groups excluding carboxylic acids is 1. The van der Waals surface area contributed by atoms with Crippen molar-refractivity contribution in [2.75, 3.05) is 25.0 Å². The lowest BCUT2D eigenvalue weighted by molar-refractivity contribution is -0.131. The molecule has 1 spiro atoms. The molecular formula is C17H19FN4O2. The molecule has 1 atom stereocenters. The Labute approximate surface area is 139 Å². The summed E-state index contributed by atoms with van der Waals surface area (Å²) in [7, 11) is 0. The van der Waals surface area contributed by atoms with Crippen molar-refractivity contribution < 1.29 is 13.6 Å². The van der Waals surface area contributed by atoms with Crippen molar-refractivity contribution in [3.8, 4) is 11.5 Å².